The number of carbonyl (C=O) groups excluding carboxylic acids is 1. The van der Waals surface area contributed by atoms with Gasteiger partial charge in [0, 0.05) is 12.7 Å². The van der Waals surface area contributed by atoms with Crippen molar-refractivity contribution in [2.24, 2.45) is 5.92 Å². The Kier molecular flexibility index (Phi) is 4.15. The molecule has 2 atom stereocenters. The lowest BCUT2D eigenvalue weighted by Crippen LogP contribution is -2.51. The summed E-state index contributed by atoms with van der Waals surface area (Å²) in [6.07, 6.45) is 5.31. The molecule has 5 nitrogen and oxygen atoms in total. The topological polar surface area (TPSA) is 65.5 Å². The number of hydrogen-bond acceptors (Lipinski definition) is 3. The quantitative estimate of drug-likeness (QED) is 0.838. The van der Waals surface area contributed by atoms with E-state index < -0.39 is 0 Å². The first-order valence-electron chi connectivity index (χ1n) is 6.31. The maximum atomic E-state index is 12.2. The maximum absolute atomic E-state index is 12.2. The fourth-order valence-electron chi connectivity index (χ4n) is 2.41. The highest BCUT2D eigenvalue weighted by molar-refractivity contribution is 5.89. The van der Waals surface area contributed by atoms with Crippen LogP contribution >= 0.6 is 0 Å². The van der Waals surface area contributed by atoms with E-state index in [2.05, 4.69) is 17.2 Å². The number of amides is 2. The van der Waals surface area contributed by atoms with Gasteiger partial charge in [-0.2, -0.15) is 0 Å². The number of aliphatic hydroxyl groups is 1. The van der Waals surface area contributed by atoms with Crippen LogP contribution in [0, 0.1) is 5.92 Å². The zero-order valence-electron chi connectivity index (χ0n) is 10.5. The second kappa shape index (κ2) is 5.82. The molecular weight excluding hydrogens is 230 g/mol. The molecule has 2 amide bonds. The van der Waals surface area contributed by atoms with Crippen molar-refractivity contribution in [2.75, 3.05) is 18.5 Å². The smallest absolute Gasteiger partial charge is 0.322 e. The molecule has 0 aliphatic carbocycles. The molecule has 18 heavy (non-hydrogen) atoms. The van der Waals surface area contributed by atoms with Gasteiger partial charge >= 0.3 is 6.03 Å². The van der Waals surface area contributed by atoms with Gasteiger partial charge in [-0.1, -0.05) is 6.92 Å². The zero-order valence-corrected chi connectivity index (χ0v) is 10.5. The predicted octanol–water partition coefficient (Wildman–Crippen LogP) is 1.71. The third kappa shape index (κ3) is 2.79. The molecule has 2 heterocycles. The van der Waals surface area contributed by atoms with Crippen LogP contribution in [0.3, 0.4) is 0 Å². The molecule has 1 aromatic heterocycles. The molecule has 0 radical (unpaired) electrons. The van der Waals surface area contributed by atoms with Crippen LogP contribution in [0.5, 0.6) is 0 Å². The molecule has 1 saturated heterocycles. The molecule has 2 N–H and O–H groups in total. The van der Waals surface area contributed by atoms with Crippen LogP contribution in [0.2, 0.25) is 0 Å². The minimum atomic E-state index is -0.159. The summed E-state index contributed by atoms with van der Waals surface area (Å²) >= 11 is 0. The van der Waals surface area contributed by atoms with Crippen molar-refractivity contribution in [1.29, 1.82) is 0 Å². The SMILES string of the molecule is CC1CCCN(C(=O)Nc2cccnc2)C1CO. The lowest BCUT2D eigenvalue weighted by atomic mass is 9.91. The summed E-state index contributed by atoms with van der Waals surface area (Å²) < 4.78 is 0. The van der Waals surface area contributed by atoms with Gasteiger partial charge < -0.3 is 15.3 Å². The Balaban J connectivity index is 2.03. The van der Waals surface area contributed by atoms with E-state index in [-0.39, 0.29) is 18.7 Å². The summed E-state index contributed by atoms with van der Waals surface area (Å²) in [7, 11) is 0. The molecule has 5 heteroatoms. The van der Waals surface area contributed by atoms with Crippen LogP contribution < -0.4 is 5.32 Å². The van der Waals surface area contributed by atoms with E-state index in [0.717, 1.165) is 12.8 Å². The Labute approximate surface area is 107 Å². The van der Waals surface area contributed by atoms with Crippen LogP contribution in [-0.4, -0.2) is 40.2 Å². The van der Waals surface area contributed by atoms with Gasteiger partial charge in [0.05, 0.1) is 24.5 Å². The standard InChI is InChI=1S/C13H19N3O2/c1-10-4-3-7-16(12(10)9-17)13(18)15-11-5-2-6-14-8-11/h2,5-6,8,10,12,17H,3-4,7,9H2,1H3,(H,15,18). The minimum absolute atomic E-state index is 0.0155. The van der Waals surface area contributed by atoms with Gasteiger partial charge in [-0.15, -0.1) is 0 Å². The molecule has 2 unspecified atom stereocenters. The van der Waals surface area contributed by atoms with E-state index in [9.17, 15) is 9.90 Å². The van der Waals surface area contributed by atoms with E-state index in [1.807, 2.05) is 0 Å². The van der Waals surface area contributed by atoms with Gasteiger partial charge in [0.15, 0.2) is 0 Å². The summed E-state index contributed by atoms with van der Waals surface area (Å²) in [4.78, 5) is 17.8. The van der Waals surface area contributed by atoms with Gasteiger partial charge in [0.2, 0.25) is 0 Å². The molecule has 1 aromatic rings. The van der Waals surface area contributed by atoms with Crippen molar-refractivity contribution < 1.29 is 9.90 Å². The number of nitrogens with zero attached hydrogens (tertiary/aromatic N) is 2. The van der Waals surface area contributed by atoms with E-state index in [0.29, 0.717) is 18.2 Å². The van der Waals surface area contributed by atoms with Crippen LogP contribution in [0.4, 0.5) is 10.5 Å². The summed E-state index contributed by atoms with van der Waals surface area (Å²) in [6.45, 7) is 2.79. The first kappa shape index (κ1) is 12.8. The average molecular weight is 249 g/mol. The Bertz CT molecular complexity index is 396. The number of carbonyl (C=O) groups is 1. The summed E-state index contributed by atoms with van der Waals surface area (Å²) in [5, 5.41) is 12.2. The Morgan fingerprint density at radius 2 is 2.50 bits per heavy atom. The van der Waals surface area contributed by atoms with Crippen molar-refractivity contribution in [2.45, 2.75) is 25.8 Å². The second-order valence-electron chi connectivity index (χ2n) is 4.73. The van der Waals surface area contributed by atoms with Crippen LogP contribution in [0.1, 0.15) is 19.8 Å². The number of hydrogen-bond donors (Lipinski definition) is 2. The molecule has 98 valence electrons. The molecule has 1 aliphatic rings. The van der Waals surface area contributed by atoms with E-state index in [1.165, 1.54) is 0 Å². The van der Waals surface area contributed by atoms with Crippen LogP contribution in [-0.2, 0) is 0 Å². The highest BCUT2D eigenvalue weighted by Gasteiger charge is 2.31. The Morgan fingerprint density at radius 3 is 3.17 bits per heavy atom. The predicted molar refractivity (Wildman–Crippen MR) is 69.2 cm³/mol. The summed E-state index contributed by atoms with van der Waals surface area (Å²) in [5.74, 6) is 0.336. The van der Waals surface area contributed by atoms with Crippen molar-refractivity contribution in [3.8, 4) is 0 Å². The van der Waals surface area contributed by atoms with Crippen molar-refractivity contribution >= 4 is 11.7 Å². The average Bonchev–Trinajstić information content (AvgIpc) is 2.39. The number of anilines is 1. The van der Waals surface area contributed by atoms with Crippen LogP contribution in [0.25, 0.3) is 0 Å². The Hall–Kier alpha value is -1.62. The van der Waals surface area contributed by atoms with Gasteiger partial charge in [-0.3, -0.25) is 4.98 Å². The maximum Gasteiger partial charge on any atom is 0.322 e. The highest BCUT2D eigenvalue weighted by atomic mass is 16.3. The number of likely N-dealkylation sites (tertiary alicyclic amines) is 1. The van der Waals surface area contributed by atoms with E-state index >= 15 is 0 Å². The van der Waals surface area contributed by atoms with E-state index in [4.69, 9.17) is 0 Å². The third-order valence-corrected chi connectivity index (χ3v) is 3.48. The fourth-order valence-corrected chi connectivity index (χ4v) is 2.41. The normalized spacial score (nSPS) is 23.8. The van der Waals surface area contributed by atoms with Crippen molar-refractivity contribution in [3.63, 3.8) is 0 Å². The number of urea groups is 1. The van der Waals surface area contributed by atoms with Crippen molar-refractivity contribution in [1.82, 2.24) is 9.88 Å². The molecule has 1 fully saturated rings. The molecule has 0 saturated carbocycles. The first-order chi connectivity index (χ1) is 8.72. The van der Waals surface area contributed by atoms with Crippen molar-refractivity contribution in [3.05, 3.63) is 24.5 Å². The molecule has 0 spiro atoms. The lowest BCUT2D eigenvalue weighted by molar-refractivity contribution is 0.0811. The fraction of sp³-hybridized carbons (Fsp3) is 0.538. The zero-order chi connectivity index (χ0) is 13.0. The molecule has 2 rings (SSSR count). The highest BCUT2D eigenvalue weighted by Crippen LogP contribution is 2.23. The summed E-state index contributed by atoms with van der Waals surface area (Å²) in [5.41, 5.74) is 0.678. The lowest BCUT2D eigenvalue weighted by Gasteiger charge is -2.38. The number of aromatic nitrogens is 1. The third-order valence-electron chi connectivity index (χ3n) is 3.48. The molecule has 1 aliphatic heterocycles. The number of nitrogens with one attached hydrogen (secondary N) is 1. The summed E-state index contributed by atoms with van der Waals surface area (Å²) in [6, 6.07) is 3.33. The number of pyridine rings is 1. The monoisotopic (exact) mass is 249 g/mol. The minimum Gasteiger partial charge on any atom is -0.394 e. The number of rotatable bonds is 2. The largest absolute Gasteiger partial charge is 0.394 e. The molecule has 0 aromatic carbocycles. The molecule has 0 bridgehead atoms. The Morgan fingerprint density at radius 1 is 1.67 bits per heavy atom. The van der Waals surface area contributed by atoms with Gasteiger partial charge in [-0.25, -0.2) is 4.79 Å². The van der Waals surface area contributed by atoms with Gasteiger partial charge in [-0.05, 0) is 30.9 Å². The van der Waals surface area contributed by atoms with Gasteiger partial charge in [0.25, 0.3) is 0 Å². The number of piperidine rings is 1. The number of aliphatic hydroxyl groups excluding tert-OH is 1. The van der Waals surface area contributed by atoms with Crippen LogP contribution in [0.15, 0.2) is 24.5 Å². The first-order valence-corrected chi connectivity index (χ1v) is 6.31. The molecular formula is C13H19N3O2. The second-order valence-corrected chi connectivity index (χ2v) is 4.73. The van der Waals surface area contributed by atoms with E-state index in [1.54, 1.807) is 29.4 Å². The van der Waals surface area contributed by atoms with Gasteiger partial charge in [0.1, 0.15) is 0 Å².